The summed E-state index contributed by atoms with van der Waals surface area (Å²) in [6, 6.07) is 43.8. The van der Waals surface area contributed by atoms with Crippen LogP contribution in [0.25, 0.3) is 44.8 Å². The highest BCUT2D eigenvalue weighted by molar-refractivity contribution is 9.10. The highest BCUT2D eigenvalue weighted by Gasteiger charge is 2.41. The van der Waals surface area contributed by atoms with E-state index in [0.29, 0.717) is 12.4 Å². The summed E-state index contributed by atoms with van der Waals surface area (Å²) in [6.45, 7) is 9.21. The molecule has 4 heterocycles. The van der Waals surface area contributed by atoms with Crippen molar-refractivity contribution in [1.82, 2.24) is 34.7 Å². The highest BCUT2D eigenvalue weighted by Crippen LogP contribution is 2.49. The normalized spacial score (nSPS) is 12.0. The Kier molecular flexibility index (Phi) is 9.17. The molecule has 1 aliphatic carbocycles. The first-order chi connectivity index (χ1) is 27.4. The summed E-state index contributed by atoms with van der Waals surface area (Å²) in [5.74, 6) is 1.79. The van der Waals surface area contributed by atoms with Gasteiger partial charge in [-0.3, -0.25) is 0 Å². The molecule has 2 aliphatic rings. The molecule has 0 saturated carbocycles. The number of imidazole rings is 1. The molecule has 9 rings (SSSR count). The highest BCUT2D eigenvalue weighted by atomic mass is 79.9. The molecule has 276 valence electrons. The van der Waals surface area contributed by atoms with Crippen molar-refractivity contribution >= 4 is 27.1 Å². The van der Waals surface area contributed by atoms with Gasteiger partial charge >= 0.3 is 0 Å². The molecule has 1 aliphatic heterocycles. The van der Waals surface area contributed by atoms with Crippen LogP contribution in [-0.4, -0.2) is 34.7 Å². The van der Waals surface area contributed by atoms with Crippen molar-refractivity contribution in [2.75, 3.05) is 0 Å². The zero-order valence-electron chi connectivity index (χ0n) is 31.7. The molecule has 9 heteroatoms. The van der Waals surface area contributed by atoms with Crippen LogP contribution in [0.4, 0.5) is 0 Å². The van der Waals surface area contributed by atoms with Gasteiger partial charge < -0.3 is 8.98 Å². The molecular formula is C47H40BrN7O. The Labute approximate surface area is 334 Å². The average Bonchev–Trinajstić information content (AvgIpc) is 3.95. The summed E-state index contributed by atoms with van der Waals surface area (Å²) < 4.78 is 8.99. The summed E-state index contributed by atoms with van der Waals surface area (Å²) >= 11 is 4.04. The van der Waals surface area contributed by atoms with Crippen LogP contribution in [0, 0.1) is 6.92 Å². The van der Waals surface area contributed by atoms with Gasteiger partial charge in [-0.25, -0.2) is 9.97 Å². The summed E-state index contributed by atoms with van der Waals surface area (Å²) in [6.07, 6.45) is 4.32. The number of aromatic nitrogens is 7. The van der Waals surface area contributed by atoms with Gasteiger partial charge in [-0.1, -0.05) is 136 Å². The summed E-state index contributed by atoms with van der Waals surface area (Å²) in [4.78, 5) is 12.1. The fraction of sp³-hybridized carbons (Fsp3) is 0.170. The maximum Gasteiger partial charge on any atom is 0.205 e. The van der Waals surface area contributed by atoms with E-state index >= 15 is 0 Å². The Hall–Kier alpha value is -6.19. The van der Waals surface area contributed by atoms with Crippen molar-refractivity contribution in [1.29, 1.82) is 0 Å². The van der Waals surface area contributed by atoms with Gasteiger partial charge in [-0.15, -0.1) is 15.0 Å². The first-order valence-electron chi connectivity index (χ1n) is 19.0. The minimum Gasteiger partial charge on any atom is -0.472 e. The average molecular weight is 799 g/mol. The van der Waals surface area contributed by atoms with Gasteiger partial charge in [0.2, 0.25) is 5.82 Å². The zero-order valence-corrected chi connectivity index (χ0v) is 33.3. The SMILES string of the molecule is CCc1nc2c(C)cc(C(C)C)nc2n1Cc1c2ccocc-2c(Br)c1-c1ccccc1-c1nnn(C(c2ccccc2)(c2ccccc2)c2ccccc2)n1. The van der Waals surface area contributed by atoms with Gasteiger partial charge in [-0.2, -0.15) is 0 Å². The molecule has 0 unspecified atom stereocenters. The van der Waals surface area contributed by atoms with Crippen LogP contribution in [0.15, 0.2) is 149 Å². The van der Waals surface area contributed by atoms with Gasteiger partial charge in [0.1, 0.15) is 11.3 Å². The second-order valence-electron chi connectivity index (χ2n) is 14.5. The molecule has 0 radical (unpaired) electrons. The maximum absolute atomic E-state index is 5.77. The number of nitrogens with zero attached hydrogens (tertiary/aromatic N) is 7. The van der Waals surface area contributed by atoms with E-state index in [4.69, 9.17) is 29.8 Å². The van der Waals surface area contributed by atoms with Gasteiger partial charge in [0.25, 0.3) is 0 Å². The predicted octanol–water partition coefficient (Wildman–Crippen LogP) is 11.1. The number of hydrogen-bond donors (Lipinski definition) is 0. The van der Waals surface area contributed by atoms with Gasteiger partial charge in [0.05, 0.1) is 19.1 Å². The van der Waals surface area contributed by atoms with Crippen LogP contribution in [-0.2, 0) is 18.5 Å². The van der Waals surface area contributed by atoms with Crippen molar-refractivity contribution in [3.05, 3.63) is 184 Å². The van der Waals surface area contributed by atoms with Crippen molar-refractivity contribution in [3.8, 4) is 33.6 Å². The first kappa shape index (κ1) is 35.5. The lowest BCUT2D eigenvalue weighted by Crippen LogP contribution is -2.39. The molecule has 0 fully saturated rings. The van der Waals surface area contributed by atoms with Crippen LogP contribution < -0.4 is 0 Å². The molecular weight excluding hydrogens is 758 g/mol. The second-order valence-corrected chi connectivity index (χ2v) is 15.3. The van der Waals surface area contributed by atoms with E-state index in [1.165, 1.54) is 0 Å². The number of fused-ring (bicyclic) bond motifs is 2. The van der Waals surface area contributed by atoms with Crippen LogP contribution in [0.2, 0.25) is 0 Å². The number of halogens is 1. The fourth-order valence-corrected chi connectivity index (χ4v) is 8.85. The van der Waals surface area contributed by atoms with E-state index in [9.17, 15) is 0 Å². The maximum atomic E-state index is 5.77. The molecule has 0 N–H and O–H groups in total. The third-order valence-corrected chi connectivity index (χ3v) is 11.6. The smallest absolute Gasteiger partial charge is 0.205 e. The largest absolute Gasteiger partial charge is 0.472 e. The van der Waals surface area contributed by atoms with Crippen molar-refractivity contribution < 1.29 is 4.42 Å². The Morgan fingerprint density at radius 2 is 1.34 bits per heavy atom. The van der Waals surface area contributed by atoms with Crippen LogP contribution in [0.1, 0.15) is 66.0 Å². The minimum atomic E-state index is -0.898. The van der Waals surface area contributed by atoms with Gasteiger partial charge in [-0.05, 0) is 85.1 Å². The second kappa shape index (κ2) is 14.5. The van der Waals surface area contributed by atoms with E-state index in [1.807, 2.05) is 36.6 Å². The third kappa shape index (κ3) is 5.76. The van der Waals surface area contributed by atoms with E-state index in [0.717, 1.165) is 89.2 Å². The zero-order chi connectivity index (χ0) is 38.4. The summed E-state index contributed by atoms with van der Waals surface area (Å²) in [5.41, 5.74) is 12.3. The number of benzene rings is 4. The van der Waals surface area contributed by atoms with Crippen LogP contribution >= 0.6 is 15.9 Å². The molecule has 4 aromatic carbocycles. The number of tetrazole rings is 1. The van der Waals surface area contributed by atoms with Gasteiger partial charge in [0, 0.05) is 33.3 Å². The molecule has 56 heavy (non-hydrogen) atoms. The summed E-state index contributed by atoms with van der Waals surface area (Å²) in [5, 5.41) is 15.0. The van der Waals surface area contributed by atoms with E-state index in [2.05, 4.69) is 145 Å². The lowest BCUT2D eigenvalue weighted by Gasteiger charge is -2.34. The molecule has 0 amide bonds. The monoisotopic (exact) mass is 797 g/mol. The Morgan fingerprint density at radius 3 is 1.95 bits per heavy atom. The topological polar surface area (TPSA) is 87.5 Å². The molecule has 0 atom stereocenters. The third-order valence-electron chi connectivity index (χ3n) is 10.8. The molecule has 7 aromatic rings. The van der Waals surface area contributed by atoms with Gasteiger partial charge in [0.15, 0.2) is 11.2 Å². The molecule has 0 spiro atoms. The lowest BCUT2D eigenvalue weighted by atomic mass is 9.77. The van der Waals surface area contributed by atoms with E-state index < -0.39 is 5.54 Å². The molecule has 0 saturated heterocycles. The van der Waals surface area contributed by atoms with Crippen molar-refractivity contribution in [2.24, 2.45) is 0 Å². The number of pyridine rings is 1. The van der Waals surface area contributed by atoms with Crippen LogP contribution in [0.3, 0.4) is 0 Å². The van der Waals surface area contributed by atoms with Crippen molar-refractivity contribution in [3.63, 3.8) is 0 Å². The lowest BCUT2D eigenvalue weighted by molar-refractivity contribution is 0.396. The molecule has 8 nitrogen and oxygen atoms in total. The first-order valence-corrected chi connectivity index (χ1v) is 19.8. The molecule has 0 bridgehead atoms. The Balaban J connectivity index is 1.25. The van der Waals surface area contributed by atoms with Crippen LogP contribution in [0.5, 0.6) is 0 Å². The minimum absolute atomic E-state index is 0.287. The Morgan fingerprint density at radius 1 is 0.732 bits per heavy atom. The quantitative estimate of drug-likeness (QED) is 0.128. The van der Waals surface area contributed by atoms with E-state index in [1.54, 1.807) is 11.1 Å². The standard InChI is InChI=1S/C47H40BrN7O/c1-5-41-50-44-31(4)27-40(30(2)3)49-46(44)54(41)28-38-35-25-26-56-29-39(35)43(48)42(38)36-23-15-16-24-37(36)45-51-53-55(52-45)47(32-17-9-6-10-18-32,33-19-11-7-12-20-33)34-21-13-8-14-22-34/h6-27,29-30H,5,28H2,1-4H3. The molecule has 3 aromatic heterocycles. The van der Waals surface area contributed by atoms with Crippen molar-refractivity contribution in [2.45, 2.75) is 52.1 Å². The summed E-state index contributed by atoms with van der Waals surface area (Å²) in [7, 11) is 0. The fourth-order valence-electron chi connectivity index (χ4n) is 8.09. The number of rotatable bonds is 10. The van der Waals surface area contributed by atoms with E-state index in [-0.39, 0.29) is 5.92 Å². The number of aryl methyl sites for hydroxylation is 2. The number of hydrogen-bond acceptors (Lipinski definition) is 6. The predicted molar refractivity (Wildman–Crippen MR) is 225 cm³/mol. The Bertz CT molecular complexity index is 2670.